The Morgan fingerprint density at radius 1 is 1.30 bits per heavy atom. The van der Waals surface area contributed by atoms with Crippen molar-refractivity contribution in [2.24, 2.45) is 13.0 Å². The predicted molar refractivity (Wildman–Crippen MR) is 111 cm³/mol. The lowest BCUT2D eigenvalue weighted by Gasteiger charge is -2.15. The molecule has 1 fully saturated rings. The molecule has 0 bridgehead atoms. The zero-order valence-electron chi connectivity index (χ0n) is 16.6. The molecule has 0 atom stereocenters. The Balaban J connectivity index is 1.90. The summed E-state index contributed by atoms with van der Waals surface area (Å²) in [6, 6.07) is 3.94. The molecule has 1 aliphatic rings. The van der Waals surface area contributed by atoms with Gasteiger partial charge in [0.2, 0.25) is 16.0 Å². The fraction of sp³-hybridized carbons (Fsp3) is 0.350. The number of benzene rings is 1. The number of ether oxygens (including phenoxy) is 1. The minimum Gasteiger partial charge on any atom is -0.489 e. The number of aryl methyl sites for hydroxylation is 1. The normalized spacial score (nSPS) is 14.1. The van der Waals surface area contributed by atoms with E-state index >= 15 is 0 Å². The molecule has 2 aromatic heterocycles. The van der Waals surface area contributed by atoms with Gasteiger partial charge in [-0.05, 0) is 43.2 Å². The molecule has 1 aromatic carbocycles. The van der Waals surface area contributed by atoms with Gasteiger partial charge in [0.1, 0.15) is 11.5 Å². The number of hydrogen-bond donors (Lipinski definition) is 1. The number of fused-ring (bicyclic) bond motifs is 1. The molecule has 1 N–H and O–H groups in total. The summed E-state index contributed by atoms with van der Waals surface area (Å²) < 4.78 is 47.3. The first kappa shape index (κ1) is 20.3. The average molecular weight is 432 g/mol. The first-order valence-electron chi connectivity index (χ1n) is 9.57. The van der Waals surface area contributed by atoms with E-state index in [4.69, 9.17) is 4.74 Å². The van der Waals surface area contributed by atoms with Crippen molar-refractivity contribution in [2.75, 3.05) is 17.1 Å². The monoisotopic (exact) mass is 432 g/mol. The van der Waals surface area contributed by atoms with Crippen LogP contribution in [-0.4, -0.2) is 35.3 Å². The molecule has 10 heteroatoms. The first-order valence-corrected chi connectivity index (χ1v) is 11.2. The van der Waals surface area contributed by atoms with Gasteiger partial charge in [-0.3, -0.25) is 9.52 Å². The van der Waals surface area contributed by atoms with E-state index in [0.29, 0.717) is 34.9 Å². The molecular weight excluding hydrogens is 411 g/mol. The van der Waals surface area contributed by atoms with E-state index in [1.165, 1.54) is 35.9 Å². The Morgan fingerprint density at radius 2 is 2.07 bits per heavy atom. The molecule has 2 heterocycles. The molecule has 8 nitrogen and oxygen atoms in total. The van der Waals surface area contributed by atoms with Gasteiger partial charge in [0.25, 0.3) is 5.56 Å². The largest absolute Gasteiger partial charge is 0.489 e. The second-order valence-corrected chi connectivity index (χ2v) is 9.33. The molecule has 30 heavy (non-hydrogen) atoms. The van der Waals surface area contributed by atoms with Crippen molar-refractivity contribution in [3.63, 3.8) is 0 Å². The van der Waals surface area contributed by atoms with Crippen LogP contribution in [0.15, 0.2) is 35.4 Å². The topological polar surface area (TPSA) is 103 Å². The number of hydrogen-bond acceptors (Lipinski definition) is 6. The van der Waals surface area contributed by atoms with Gasteiger partial charge in [-0.15, -0.1) is 0 Å². The third kappa shape index (κ3) is 4.13. The van der Waals surface area contributed by atoms with Crippen LogP contribution < -0.4 is 15.0 Å². The fourth-order valence-electron chi connectivity index (χ4n) is 3.05. The van der Waals surface area contributed by atoms with Crippen LogP contribution in [0.1, 0.15) is 19.8 Å². The molecule has 4 rings (SSSR count). The summed E-state index contributed by atoms with van der Waals surface area (Å²) >= 11 is 0. The number of halogens is 1. The molecule has 0 amide bonds. The van der Waals surface area contributed by atoms with E-state index in [2.05, 4.69) is 14.7 Å². The van der Waals surface area contributed by atoms with Crippen LogP contribution in [-0.2, 0) is 17.1 Å². The summed E-state index contributed by atoms with van der Waals surface area (Å²) in [6.07, 6.45) is 5.17. The highest BCUT2D eigenvalue weighted by Gasteiger charge is 2.24. The molecule has 0 saturated heterocycles. The molecule has 1 aliphatic carbocycles. The van der Waals surface area contributed by atoms with Gasteiger partial charge >= 0.3 is 0 Å². The van der Waals surface area contributed by atoms with Crippen molar-refractivity contribution >= 4 is 26.7 Å². The van der Waals surface area contributed by atoms with Gasteiger partial charge in [0.05, 0.1) is 23.9 Å². The third-order valence-electron chi connectivity index (χ3n) is 4.95. The summed E-state index contributed by atoms with van der Waals surface area (Å²) in [5.74, 6) is 0.0803. The lowest BCUT2D eigenvalue weighted by molar-refractivity contribution is 0.299. The van der Waals surface area contributed by atoms with Crippen molar-refractivity contribution in [2.45, 2.75) is 19.8 Å². The summed E-state index contributed by atoms with van der Waals surface area (Å²) in [7, 11) is -2.03. The number of anilines is 1. The van der Waals surface area contributed by atoms with Crippen LogP contribution in [0.25, 0.3) is 22.0 Å². The first-order chi connectivity index (χ1) is 14.3. The Morgan fingerprint density at radius 3 is 2.77 bits per heavy atom. The Bertz CT molecular complexity index is 1290. The second kappa shape index (κ2) is 7.67. The number of sulfonamides is 1. The molecule has 158 valence electrons. The van der Waals surface area contributed by atoms with E-state index in [-0.39, 0.29) is 22.6 Å². The smallest absolute Gasteiger partial charge is 0.258 e. The fourth-order valence-corrected chi connectivity index (χ4v) is 3.57. The lowest BCUT2D eigenvalue weighted by atomic mass is 10.0. The maximum absolute atomic E-state index is 13.8. The highest BCUT2D eigenvalue weighted by Crippen LogP contribution is 2.35. The van der Waals surface area contributed by atoms with E-state index < -0.39 is 15.8 Å². The molecule has 0 aliphatic heterocycles. The summed E-state index contributed by atoms with van der Waals surface area (Å²) in [4.78, 5) is 21.0. The zero-order chi connectivity index (χ0) is 21.5. The molecule has 3 aromatic rings. The molecule has 0 unspecified atom stereocenters. The Labute approximate surface area is 172 Å². The quantitative estimate of drug-likeness (QED) is 0.616. The highest BCUT2D eigenvalue weighted by molar-refractivity contribution is 7.92. The second-order valence-electron chi connectivity index (χ2n) is 7.32. The zero-order valence-corrected chi connectivity index (χ0v) is 17.4. The van der Waals surface area contributed by atoms with Crippen LogP contribution in [0.4, 0.5) is 10.3 Å². The van der Waals surface area contributed by atoms with Crippen LogP contribution >= 0.6 is 0 Å². The minimum atomic E-state index is -3.58. The summed E-state index contributed by atoms with van der Waals surface area (Å²) in [5, 5.41) is 0.677. The average Bonchev–Trinajstić information content (AvgIpc) is 3.54. The number of aromatic nitrogens is 3. The van der Waals surface area contributed by atoms with Gasteiger partial charge in [-0.25, -0.2) is 22.8 Å². The van der Waals surface area contributed by atoms with Crippen LogP contribution in [0.2, 0.25) is 0 Å². The van der Waals surface area contributed by atoms with Crippen molar-refractivity contribution in [1.82, 2.24) is 14.5 Å². The van der Waals surface area contributed by atoms with Crippen molar-refractivity contribution in [3.05, 3.63) is 46.8 Å². The standard InChI is InChI=1S/C20H21FN4O4S/c1-3-30(27,28)24-20-22-9-17(29-11-12-4-5-12)18(23-20)16-10-25(2)19(26)15-8-13(21)6-7-14(15)16/h6-10,12H,3-5,11H2,1-2H3,(H,22,23,24). The van der Waals surface area contributed by atoms with Gasteiger partial charge in [-0.2, -0.15) is 0 Å². The van der Waals surface area contributed by atoms with Gasteiger partial charge in [0, 0.05) is 18.8 Å². The number of rotatable bonds is 7. The SMILES string of the molecule is CCS(=O)(=O)Nc1ncc(OCC2CC2)c(-c2cn(C)c(=O)c3cc(F)ccc23)n1. The van der Waals surface area contributed by atoms with Crippen LogP contribution in [0.3, 0.4) is 0 Å². The third-order valence-corrected chi connectivity index (χ3v) is 6.21. The molecule has 1 saturated carbocycles. The highest BCUT2D eigenvalue weighted by atomic mass is 32.2. The van der Waals surface area contributed by atoms with E-state index in [0.717, 1.165) is 12.8 Å². The van der Waals surface area contributed by atoms with Gasteiger partial charge in [0.15, 0.2) is 5.75 Å². The Hall–Kier alpha value is -3.01. The van der Waals surface area contributed by atoms with E-state index in [1.807, 2.05) is 0 Å². The lowest BCUT2D eigenvalue weighted by Crippen LogP contribution is -2.18. The van der Waals surface area contributed by atoms with Crippen molar-refractivity contribution in [1.29, 1.82) is 0 Å². The number of nitrogens with one attached hydrogen (secondary N) is 1. The maximum atomic E-state index is 13.8. The van der Waals surface area contributed by atoms with Gasteiger partial charge < -0.3 is 9.30 Å². The van der Waals surface area contributed by atoms with Crippen LogP contribution in [0.5, 0.6) is 5.75 Å². The molecular formula is C20H21FN4O4S. The predicted octanol–water partition coefficient (Wildman–Crippen LogP) is 2.69. The Kier molecular flexibility index (Phi) is 5.19. The van der Waals surface area contributed by atoms with Gasteiger partial charge in [-0.1, -0.05) is 6.07 Å². The van der Waals surface area contributed by atoms with Crippen LogP contribution in [0, 0.1) is 11.7 Å². The number of nitrogens with zero attached hydrogens (tertiary/aromatic N) is 3. The molecule has 0 spiro atoms. The van der Waals surface area contributed by atoms with E-state index in [9.17, 15) is 17.6 Å². The molecule has 0 radical (unpaired) electrons. The van der Waals surface area contributed by atoms with Crippen molar-refractivity contribution in [3.8, 4) is 17.0 Å². The van der Waals surface area contributed by atoms with Crippen molar-refractivity contribution < 1.29 is 17.5 Å². The summed E-state index contributed by atoms with van der Waals surface area (Å²) in [6.45, 7) is 2.00. The minimum absolute atomic E-state index is 0.102. The maximum Gasteiger partial charge on any atom is 0.258 e. The number of pyridine rings is 1. The van der Waals surface area contributed by atoms with E-state index in [1.54, 1.807) is 13.2 Å². The summed E-state index contributed by atoms with van der Waals surface area (Å²) in [5.41, 5.74) is 0.485.